The largest absolute Gasteiger partial charge is 0.392 e. The summed E-state index contributed by atoms with van der Waals surface area (Å²) < 4.78 is 3.15. The summed E-state index contributed by atoms with van der Waals surface area (Å²) >= 11 is 3.56. The van der Waals surface area contributed by atoms with Gasteiger partial charge in [-0.05, 0) is 23.8 Å². The lowest BCUT2D eigenvalue weighted by molar-refractivity contribution is 0.283. The van der Waals surface area contributed by atoms with Crippen molar-refractivity contribution < 1.29 is 5.11 Å². The number of fused-ring (bicyclic) bond motifs is 1. The fourth-order valence-corrected chi connectivity index (χ4v) is 2.66. The predicted molar refractivity (Wildman–Crippen MR) is 78.9 cm³/mol. The molecule has 0 saturated carbocycles. The summed E-state index contributed by atoms with van der Waals surface area (Å²) in [5.41, 5.74) is 3.01. The van der Waals surface area contributed by atoms with E-state index in [0.29, 0.717) is 0 Å². The van der Waals surface area contributed by atoms with Crippen molar-refractivity contribution in [1.82, 2.24) is 9.55 Å². The van der Waals surface area contributed by atoms with E-state index in [1.54, 1.807) is 6.20 Å². The van der Waals surface area contributed by atoms with E-state index in [-0.39, 0.29) is 6.61 Å². The molecule has 0 bridgehead atoms. The van der Waals surface area contributed by atoms with Gasteiger partial charge in [0.2, 0.25) is 0 Å². The zero-order chi connectivity index (χ0) is 13.2. The van der Waals surface area contributed by atoms with Gasteiger partial charge in [0.25, 0.3) is 0 Å². The zero-order valence-electron chi connectivity index (χ0n) is 10.3. The highest BCUT2D eigenvalue weighted by Gasteiger charge is 2.09. The first-order valence-corrected chi connectivity index (χ1v) is 6.86. The van der Waals surface area contributed by atoms with Gasteiger partial charge in [0, 0.05) is 27.8 Å². The first-order valence-electron chi connectivity index (χ1n) is 6.06. The maximum absolute atomic E-state index is 9.42. The van der Waals surface area contributed by atoms with E-state index in [4.69, 9.17) is 0 Å². The van der Waals surface area contributed by atoms with Crippen LogP contribution in [-0.4, -0.2) is 14.7 Å². The molecular weight excluding hydrogens is 304 g/mol. The number of hydrogen-bond acceptors (Lipinski definition) is 2. The van der Waals surface area contributed by atoms with Crippen molar-refractivity contribution in [2.75, 3.05) is 0 Å². The van der Waals surface area contributed by atoms with Crippen LogP contribution in [0.2, 0.25) is 0 Å². The van der Waals surface area contributed by atoms with Crippen molar-refractivity contribution in [1.29, 1.82) is 0 Å². The van der Waals surface area contributed by atoms with Crippen LogP contribution in [0.3, 0.4) is 0 Å². The Morgan fingerprint density at radius 3 is 2.74 bits per heavy atom. The average Bonchev–Trinajstić information content (AvgIpc) is 2.80. The van der Waals surface area contributed by atoms with Gasteiger partial charge in [0.05, 0.1) is 13.2 Å². The number of aromatic nitrogens is 2. The summed E-state index contributed by atoms with van der Waals surface area (Å²) in [7, 11) is 0. The van der Waals surface area contributed by atoms with Gasteiger partial charge in [-0.3, -0.25) is 0 Å². The fraction of sp³-hybridized carbons (Fsp3) is 0.133. The third kappa shape index (κ3) is 2.29. The Hall–Kier alpha value is -1.65. The van der Waals surface area contributed by atoms with Gasteiger partial charge in [0.1, 0.15) is 5.65 Å². The highest BCUT2D eigenvalue weighted by Crippen LogP contribution is 2.23. The van der Waals surface area contributed by atoms with E-state index < -0.39 is 0 Å². The summed E-state index contributed by atoms with van der Waals surface area (Å²) in [6.45, 7) is 0.764. The molecule has 3 nitrogen and oxygen atoms in total. The average molecular weight is 317 g/mol. The molecule has 1 aromatic carbocycles. The molecule has 0 atom stereocenters. The Labute approximate surface area is 119 Å². The second-order valence-corrected chi connectivity index (χ2v) is 5.26. The van der Waals surface area contributed by atoms with Crippen LogP contribution in [0, 0.1) is 0 Å². The molecule has 3 aromatic rings. The number of hydrogen-bond donors (Lipinski definition) is 1. The Bertz CT molecular complexity index is 721. The number of pyridine rings is 1. The lowest BCUT2D eigenvalue weighted by Gasteiger charge is -2.06. The summed E-state index contributed by atoms with van der Waals surface area (Å²) in [5.74, 6) is 0. The van der Waals surface area contributed by atoms with E-state index in [0.717, 1.165) is 27.6 Å². The molecule has 3 rings (SSSR count). The monoisotopic (exact) mass is 316 g/mol. The van der Waals surface area contributed by atoms with Gasteiger partial charge in [-0.25, -0.2) is 4.98 Å². The molecule has 0 aliphatic carbocycles. The highest BCUT2D eigenvalue weighted by atomic mass is 79.9. The first-order chi connectivity index (χ1) is 9.29. The Balaban J connectivity index is 2.09. The number of aliphatic hydroxyl groups is 1. The number of rotatable bonds is 3. The van der Waals surface area contributed by atoms with Crippen molar-refractivity contribution >= 4 is 27.0 Å². The van der Waals surface area contributed by atoms with E-state index >= 15 is 0 Å². The molecule has 19 heavy (non-hydrogen) atoms. The molecule has 0 amide bonds. The third-order valence-corrected chi connectivity index (χ3v) is 3.96. The van der Waals surface area contributed by atoms with Crippen LogP contribution in [0.5, 0.6) is 0 Å². The van der Waals surface area contributed by atoms with Crippen molar-refractivity contribution in [3.8, 4) is 0 Å². The summed E-state index contributed by atoms with van der Waals surface area (Å²) in [6.07, 6.45) is 3.75. The summed E-state index contributed by atoms with van der Waals surface area (Å²) in [6, 6.07) is 12.0. The van der Waals surface area contributed by atoms with E-state index in [1.165, 1.54) is 5.56 Å². The van der Waals surface area contributed by atoms with Crippen molar-refractivity contribution in [2.45, 2.75) is 13.2 Å². The van der Waals surface area contributed by atoms with Crippen LogP contribution in [0.15, 0.2) is 53.3 Å². The van der Waals surface area contributed by atoms with E-state index in [1.807, 2.05) is 36.5 Å². The molecule has 2 heterocycles. The number of aliphatic hydroxyl groups excluding tert-OH is 1. The molecule has 4 heteroatoms. The minimum atomic E-state index is 0.0329. The lowest BCUT2D eigenvalue weighted by atomic mass is 10.2. The molecule has 0 fully saturated rings. The predicted octanol–water partition coefficient (Wildman–Crippen LogP) is 3.34. The molecular formula is C15H13BrN2O. The molecule has 0 unspecified atom stereocenters. The Morgan fingerprint density at radius 2 is 1.95 bits per heavy atom. The first kappa shape index (κ1) is 12.4. The second-order valence-electron chi connectivity index (χ2n) is 4.41. The summed E-state index contributed by atoms with van der Waals surface area (Å²) in [4.78, 5) is 4.41. The molecule has 0 aliphatic rings. The van der Waals surface area contributed by atoms with Crippen LogP contribution in [0.25, 0.3) is 11.0 Å². The number of halogens is 1. The van der Waals surface area contributed by atoms with Gasteiger partial charge in [-0.15, -0.1) is 0 Å². The maximum Gasteiger partial charge on any atom is 0.140 e. The van der Waals surface area contributed by atoms with E-state index in [9.17, 15) is 5.11 Å². The third-order valence-electron chi connectivity index (χ3n) is 3.19. The van der Waals surface area contributed by atoms with Crippen molar-refractivity contribution in [3.05, 3.63) is 64.4 Å². The molecule has 96 valence electrons. The standard InChI is InChI=1S/C15H13BrN2O/c16-14-6-2-1-4-11(14)8-18-9-12(10-19)13-5-3-7-17-15(13)18/h1-7,9,19H,8,10H2. The molecule has 0 spiro atoms. The topological polar surface area (TPSA) is 38.0 Å². The molecule has 2 aromatic heterocycles. The van der Waals surface area contributed by atoms with Crippen LogP contribution in [-0.2, 0) is 13.2 Å². The van der Waals surface area contributed by atoms with Crippen molar-refractivity contribution in [3.63, 3.8) is 0 Å². The minimum Gasteiger partial charge on any atom is -0.392 e. The Morgan fingerprint density at radius 1 is 1.11 bits per heavy atom. The molecule has 0 aliphatic heterocycles. The van der Waals surface area contributed by atoms with Gasteiger partial charge >= 0.3 is 0 Å². The number of benzene rings is 1. The van der Waals surface area contributed by atoms with Crippen LogP contribution in [0.1, 0.15) is 11.1 Å². The van der Waals surface area contributed by atoms with Crippen LogP contribution < -0.4 is 0 Å². The van der Waals surface area contributed by atoms with E-state index in [2.05, 4.69) is 31.5 Å². The molecule has 1 N–H and O–H groups in total. The van der Waals surface area contributed by atoms with Crippen LogP contribution >= 0.6 is 15.9 Å². The van der Waals surface area contributed by atoms with Crippen LogP contribution in [0.4, 0.5) is 0 Å². The van der Waals surface area contributed by atoms with Gasteiger partial charge in [-0.1, -0.05) is 34.1 Å². The molecule has 0 radical (unpaired) electrons. The van der Waals surface area contributed by atoms with Crippen molar-refractivity contribution in [2.24, 2.45) is 0 Å². The normalized spacial score (nSPS) is 11.1. The molecule has 0 saturated heterocycles. The number of nitrogens with zero attached hydrogens (tertiary/aromatic N) is 2. The second kappa shape index (κ2) is 5.15. The maximum atomic E-state index is 9.42. The SMILES string of the molecule is OCc1cn(Cc2ccccc2Br)c2ncccc12. The Kier molecular flexibility index (Phi) is 3.36. The lowest BCUT2D eigenvalue weighted by Crippen LogP contribution is -1.99. The summed E-state index contributed by atoms with van der Waals surface area (Å²) in [5, 5.41) is 10.4. The minimum absolute atomic E-state index is 0.0329. The van der Waals surface area contributed by atoms with Gasteiger partial charge in [-0.2, -0.15) is 0 Å². The van der Waals surface area contributed by atoms with Gasteiger partial charge < -0.3 is 9.67 Å². The fourth-order valence-electron chi connectivity index (χ4n) is 2.25. The quantitative estimate of drug-likeness (QED) is 0.804. The smallest absolute Gasteiger partial charge is 0.140 e. The van der Waals surface area contributed by atoms with Gasteiger partial charge in [0.15, 0.2) is 0 Å². The highest BCUT2D eigenvalue weighted by molar-refractivity contribution is 9.10. The zero-order valence-corrected chi connectivity index (χ0v) is 11.8.